The van der Waals surface area contributed by atoms with Gasteiger partial charge in [0.25, 0.3) is 0 Å². The summed E-state index contributed by atoms with van der Waals surface area (Å²) in [5.41, 5.74) is -0.411. The van der Waals surface area contributed by atoms with Crippen molar-refractivity contribution in [3.8, 4) is 17.2 Å². The summed E-state index contributed by atoms with van der Waals surface area (Å²) in [4.78, 5) is 23.7. The van der Waals surface area contributed by atoms with E-state index in [1.165, 1.54) is 25.3 Å². The average Bonchev–Trinajstić information content (AvgIpc) is 2.68. The fourth-order valence-corrected chi connectivity index (χ4v) is 2.89. The number of hydrogen-bond donors (Lipinski definition) is 2. The third-order valence-corrected chi connectivity index (χ3v) is 4.48. The number of carbonyl (C=O) groups is 2. The molecular formula is C20H19F3N2O4. The lowest BCUT2D eigenvalue weighted by atomic mass is 9.98. The summed E-state index contributed by atoms with van der Waals surface area (Å²) in [6.07, 6.45) is -3.69. The van der Waals surface area contributed by atoms with E-state index in [9.17, 15) is 22.8 Å². The quantitative estimate of drug-likeness (QED) is 0.785. The van der Waals surface area contributed by atoms with E-state index >= 15 is 0 Å². The second kappa shape index (κ2) is 8.42. The predicted octanol–water partition coefficient (Wildman–Crippen LogP) is 3.97. The first-order valence-electron chi connectivity index (χ1n) is 8.87. The highest BCUT2D eigenvalue weighted by molar-refractivity contribution is 5.95. The number of benzene rings is 2. The first-order chi connectivity index (χ1) is 13.8. The van der Waals surface area contributed by atoms with Gasteiger partial charge >= 0.3 is 6.18 Å². The van der Waals surface area contributed by atoms with Crippen molar-refractivity contribution in [2.24, 2.45) is 5.92 Å². The van der Waals surface area contributed by atoms with Gasteiger partial charge in [0.05, 0.1) is 24.3 Å². The minimum absolute atomic E-state index is 0.0847. The Balaban J connectivity index is 1.73. The number of piperidine rings is 1. The summed E-state index contributed by atoms with van der Waals surface area (Å²) in [7, 11) is 1.45. The van der Waals surface area contributed by atoms with Gasteiger partial charge in [0, 0.05) is 19.0 Å². The van der Waals surface area contributed by atoms with Crippen LogP contribution in [0.5, 0.6) is 17.2 Å². The number of alkyl halides is 3. The van der Waals surface area contributed by atoms with Gasteiger partial charge in [0.2, 0.25) is 11.8 Å². The standard InChI is InChI=1S/C20H19F3N2O4/c1-28-17-8-7-15(29-14-5-3-13(4-6-14)20(21,22)23)10-16(17)25-19(27)12-2-9-18(26)24-11-12/h3-8,10,12H,2,9,11H2,1H3,(H,24,26)(H,25,27)/t12-/m1/s1. The average molecular weight is 408 g/mol. The molecule has 1 fully saturated rings. The molecular weight excluding hydrogens is 389 g/mol. The number of ether oxygens (including phenoxy) is 2. The Kier molecular flexibility index (Phi) is 5.95. The maximum absolute atomic E-state index is 12.7. The van der Waals surface area contributed by atoms with Gasteiger partial charge in [-0.2, -0.15) is 13.2 Å². The van der Waals surface area contributed by atoms with Crippen LogP contribution in [0.25, 0.3) is 0 Å². The molecule has 1 heterocycles. The van der Waals surface area contributed by atoms with Gasteiger partial charge in [-0.1, -0.05) is 0 Å². The summed E-state index contributed by atoms with van der Waals surface area (Å²) < 4.78 is 48.8. The smallest absolute Gasteiger partial charge is 0.416 e. The molecule has 6 nitrogen and oxygen atoms in total. The zero-order valence-corrected chi connectivity index (χ0v) is 15.5. The number of rotatable bonds is 5. The number of hydrogen-bond acceptors (Lipinski definition) is 4. The molecule has 0 aliphatic carbocycles. The molecule has 0 aromatic heterocycles. The number of methoxy groups -OCH3 is 1. The SMILES string of the molecule is COc1ccc(Oc2ccc(C(F)(F)F)cc2)cc1NC(=O)[C@@H]1CCC(=O)NC1. The second-order valence-electron chi connectivity index (χ2n) is 6.52. The highest BCUT2D eigenvalue weighted by Gasteiger charge is 2.30. The van der Waals surface area contributed by atoms with Crippen LogP contribution in [0.1, 0.15) is 18.4 Å². The van der Waals surface area contributed by atoms with E-state index in [1.807, 2.05) is 0 Å². The molecule has 0 spiro atoms. The molecule has 2 aromatic carbocycles. The topological polar surface area (TPSA) is 76.7 Å². The fourth-order valence-electron chi connectivity index (χ4n) is 2.89. The summed E-state index contributed by atoms with van der Waals surface area (Å²) in [5.74, 6) is 0.219. The van der Waals surface area contributed by atoms with E-state index in [4.69, 9.17) is 9.47 Å². The highest BCUT2D eigenvalue weighted by atomic mass is 19.4. The number of carbonyl (C=O) groups excluding carboxylic acids is 2. The van der Waals surface area contributed by atoms with Gasteiger partial charge in [-0.15, -0.1) is 0 Å². The molecule has 0 bridgehead atoms. The van der Waals surface area contributed by atoms with Crippen molar-refractivity contribution in [3.63, 3.8) is 0 Å². The summed E-state index contributed by atoms with van der Waals surface area (Å²) in [5, 5.41) is 5.41. The van der Waals surface area contributed by atoms with Gasteiger partial charge in [0.1, 0.15) is 17.2 Å². The highest BCUT2D eigenvalue weighted by Crippen LogP contribution is 2.34. The molecule has 0 radical (unpaired) electrons. The van der Waals surface area contributed by atoms with Crippen molar-refractivity contribution in [3.05, 3.63) is 48.0 Å². The van der Waals surface area contributed by atoms with Gasteiger partial charge in [-0.3, -0.25) is 9.59 Å². The summed E-state index contributed by atoms with van der Waals surface area (Å²) in [6.45, 7) is 0.259. The second-order valence-corrected chi connectivity index (χ2v) is 6.52. The number of nitrogens with one attached hydrogen (secondary N) is 2. The zero-order valence-electron chi connectivity index (χ0n) is 15.5. The molecule has 2 N–H and O–H groups in total. The van der Waals surface area contributed by atoms with Crippen molar-refractivity contribution in [2.45, 2.75) is 19.0 Å². The lowest BCUT2D eigenvalue weighted by Gasteiger charge is -2.22. The molecule has 9 heteroatoms. The van der Waals surface area contributed by atoms with E-state index in [1.54, 1.807) is 12.1 Å². The molecule has 0 unspecified atom stereocenters. The Morgan fingerprint density at radius 1 is 1.14 bits per heavy atom. The van der Waals surface area contributed by atoms with E-state index < -0.39 is 11.7 Å². The molecule has 29 heavy (non-hydrogen) atoms. The summed E-state index contributed by atoms with van der Waals surface area (Å²) in [6, 6.07) is 8.98. The largest absolute Gasteiger partial charge is 0.495 e. The van der Waals surface area contributed by atoms with Crippen molar-refractivity contribution < 1.29 is 32.2 Å². The Labute approximate surface area is 165 Å². The van der Waals surface area contributed by atoms with Crippen molar-refractivity contribution >= 4 is 17.5 Å². The Hall–Kier alpha value is -3.23. The summed E-state index contributed by atoms with van der Waals surface area (Å²) >= 11 is 0. The maximum Gasteiger partial charge on any atom is 0.416 e. The van der Waals surface area contributed by atoms with E-state index in [-0.39, 0.29) is 36.4 Å². The third-order valence-electron chi connectivity index (χ3n) is 4.48. The third kappa shape index (κ3) is 5.18. The molecule has 1 saturated heterocycles. The first-order valence-corrected chi connectivity index (χ1v) is 8.87. The van der Waals surface area contributed by atoms with Crippen LogP contribution in [0.2, 0.25) is 0 Å². The molecule has 1 aliphatic heterocycles. The van der Waals surface area contributed by atoms with Crippen LogP contribution in [0.4, 0.5) is 18.9 Å². The molecule has 2 amide bonds. The van der Waals surface area contributed by atoms with Crippen molar-refractivity contribution in [1.82, 2.24) is 5.32 Å². The lowest BCUT2D eigenvalue weighted by Crippen LogP contribution is -2.40. The van der Waals surface area contributed by atoms with Gasteiger partial charge in [0.15, 0.2) is 0 Å². The molecule has 1 atom stereocenters. The molecule has 2 aromatic rings. The number of amides is 2. The first kappa shape index (κ1) is 20.5. The van der Waals surface area contributed by atoms with E-state index in [2.05, 4.69) is 10.6 Å². The number of anilines is 1. The van der Waals surface area contributed by atoms with Crippen LogP contribution in [-0.4, -0.2) is 25.5 Å². The molecule has 0 saturated carbocycles. The lowest BCUT2D eigenvalue weighted by molar-refractivity contribution is -0.137. The Bertz CT molecular complexity index is 888. The predicted molar refractivity (Wildman–Crippen MR) is 98.9 cm³/mol. The van der Waals surface area contributed by atoms with Gasteiger partial charge in [-0.05, 0) is 42.8 Å². The Morgan fingerprint density at radius 2 is 1.83 bits per heavy atom. The zero-order chi connectivity index (χ0) is 21.0. The molecule has 3 rings (SSSR count). The van der Waals surface area contributed by atoms with Gasteiger partial charge < -0.3 is 20.1 Å². The van der Waals surface area contributed by atoms with E-state index in [0.29, 0.717) is 23.6 Å². The van der Waals surface area contributed by atoms with Crippen LogP contribution in [0.3, 0.4) is 0 Å². The number of halogens is 3. The van der Waals surface area contributed by atoms with Crippen LogP contribution >= 0.6 is 0 Å². The van der Waals surface area contributed by atoms with Crippen LogP contribution < -0.4 is 20.1 Å². The minimum Gasteiger partial charge on any atom is -0.495 e. The van der Waals surface area contributed by atoms with Crippen LogP contribution in [0, 0.1) is 5.92 Å². The van der Waals surface area contributed by atoms with E-state index in [0.717, 1.165) is 12.1 Å². The molecule has 154 valence electrons. The monoisotopic (exact) mass is 408 g/mol. The van der Waals surface area contributed by atoms with Gasteiger partial charge in [-0.25, -0.2) is 0 Å². The fraction of sp³-hybridized carbons (Fsp3) is 0.300. The van der Waals surface area contributed by atoms with Crippen molar-refractivity contribution in [2.75, 3.05) is 19.0 Å². The maximum atomic E-state index is 12.7. The molecule has 1 aliphatic rings. The Morgan fingerprint density at radius 3 is 2.41 bits per heavy atom. The minimum atomic E-state index is -4.42. The normalized spacial score (nSPS) is 16.7. The van der Waals surface area contributed by atoms with Crippen molar-refractivity contribution in [1.29, 1.82) is 0 Å². The van der Waals surface area contributed by atoms with Crippen LogP contribution in [-0.2, 0) is 15.8 Å². The van der Waals surface area contributed by atoms with Crippen LogP contribution in [0.15, 0.2) is 42.5 Å².